The summed E-state index contributed by atoms with van der Waals surface area (Å²) in [6.45, 7) is 5.06. The highest BCUT2D eigenvalue weighted by molar-refractivity contribution is 5.95. The summed E-state index contributed by atoms with van der Waals surface area (Å²) in [5.41, 5.74) is -0.298. The van der Waals surface area contributed by atoms with E-state index in [1.54, 1.807) is 0 Å². The molecule has 0 atom stereocenters. The van der Waals surface area contributed by atoms with E-state index >= 15 is 0 Å². The lowest BCUT2D eigenvalue weighted by atomic mass is 9.99. The van der Waals surface area contributed by atoms with Crippen molar-refractivity contribution >= 4 is 18.2 Å². The highest BCUT2D eigenvalue weighted by atomic mass is 35.5. The van der Waals surface area contributed by atoms with Crippen LogP contribution in [-0.2, 0) is 0 Å². The molecule has 1 aromatic carbocycles. The average molecular weight is 304 g/mol. The molecule has 112 valence electrons. The lowest BCUT2D eigenvalue weighted by molar-refractivity contribution is 0.0971. The first-order chi connectivity index (χ1) is 10.8. The topological polar surface area (TPSA) is 20.3 Å². The third kappa shape index (κ3) is 5.22. The number of likely N-dealkylation sites (tertiary alicyclic amines) is 1. The summed E-state index contributed by atoms with van der Waals surface area (Å²) in [6.07, 6.45) is 3.06. The molecule has 0 saturated carbocycles. The minimum Gasteiger partial charge on any atom is -0.303 e. The molecule has 0 bridgehead atoms. The van der Waals surface area contributed by atoms with E-state index in [-0.39, 0.29) is 24.4 Å². The van der Waals surface area contributed by atoms with Crippen molar-refractivity contribution in [1.29, 1.82) is 0 Å². The van der Waals surface area contributed by atoms with E-state index in [9.17, 15) is 9.18 Å². The predicted molar refractivity (Wildman–Crippen MR) is 82.1 cm³/mol. The van der Waals surface area contributed by atoms with Crippen LogP contribution < -0.4 is 0 Å². The van der Waals surface area contributed by atoms with Gasteiger partial charge in [0.2, 0.25) is 0 Å². The molecule has 1 aliphatic rings. The number of piperidine rings is 1. The molecule has 4 heteroatoms. The zero-order valence-electron chi connectivity index (χ0n) is 15.7. The fourth-order valence-electron chi connectivity index (χ4n) is 2.31. The van der Waals surface area contributed by atoms with Gasteiger partial charge in [0.25, 0.3) is 0 Å². The maximum absolute atomic E-state index is 13.5. The molecule has 0 radical (unpaired) electrons. The molecule has 20 heavy (non-hydrogen) atoms. The van der Waals surface area contributed by atoms with Crippen molar-refractivity contribution in [3.05, 3.63) is 35.6 Å². The molecule has 0 aromatic heterocycles. The molecule has 2 nitrogen and oxygen atoms in total. The van der Waals surface area contributed by atoms with Gasteiger partial charge in [0.05, 0.1) is 5.48 Å². The summed E-state index contributed by atoms with van der Waals surface area (Å²) in [4.78, 5) is 14.5. The van der Waals surface area contributed by atoms with Gasteiger partial charge >= 0.3 is 0 Å². The summed E-state index contributed by atoms with van der Waals surface area (Å²) in [5.74, 6) is -0.916. The van der Waals surface area contributed by atoms with Crippen LogP contribution in [0.5, 0.6) is 0 Å². The van der Waals surface area contributed by atoms with Gasteiger partial charge in [-0.25, -0.2) is 4.39 Å². The summed E-state index contributed by atoms with van der Waals surface area (Å²) < 4.78 is 43.8. The summed E-state index contributed by atoms with van der Waals surface area (Å²) in [6, 6.07) is -2.72. The monoisotopic (exact) mass is 303 g/mol. The quantitative estimate of drug-likeness (QED) is 0.768. The van der Waals surface area contributed by atoms with Gasteiger partial charge in [-0.15, -0.1) is 12.4 Å². The van der Waals surface area contributed by atoms with Crippen LogP contribution in [0.15, 0.2) is 24.2 Å². The van der Waals surface area contributed by atoms with Crippen LogP contribution >= 0.6 is 12.4 Å². The normalized spacial score (nSPS) is 19.5. The molecule has 2 rings (SSSR count). The second-order valence-electron chi connectivity index (χ2n) is 5.24. The van der Waals surface area contributed by atoms with E-state index in [0.717, 1.165) is 38.4 Å². The Morgan fingerprint density at radius 2 is 1.95 bits per heavy atom. The molecule has 0 amide bonds. The van der Waals surface area contributed by atoms with Crippen LogP contribution in [0, 0.1) is 11.7 Å². The third-order valence-electron chi connectivity index (χ3n) is 3.63. The Labute approximate surface area is 132 Å². The first-order valence-electron chi connectivity index (χ1n) is 8.84. The smallest absolute Gasteiger partial charge is 0.162 e. The Hall–Kier alpha value is -0.930. The summed E-state index contributed by atoms with van der Waals surface area (Å²) in [5, 5.41) is 0. The van der Waals surface area contributed by atoms with Crippen molar-refractivity contribution < 1.29 is 14.7 Å². The minimum atomic E-state index is -1.21. The molecule has 1 aromatic rings. The number of benzene rings is 1. The largest absolute Gasteiger partial charge is 0.303 e. The Bertz CT molecular complexity index is 577. The van der Waals surface area contributed by atoms with Gasteiger partial charge in [-0.05, 0) is 69.0 Å². The van der Waals surface area contributed by atoms with Gasteiger partial charge in [-0.2, -0.15) is 0 Å². The van der Waals surface area contributed by atoms with Crippen LogP contribution in [0.25, 0.3) is 0 Å². The molecule has 0 N–H and O–H groups in total. The number of Topliss-reactive ketones (excluding diaryl/α,β-unsaturated/α-hetero) is 1. The molecule has 1 aliphatic heterocycles. The SMILES string of the molecule is Cl.[2H]c1c([2H])c(C(=O)CCCN2CCC(C)CC2)c([2H])c([2H])c1F. The molecular weight excluding hydrogens is 277 g/mol. The molecule has 0 aliphatic carbocycles. The zero-order chi connectivity index (χ0) is 17.1. The minimum absolute atomic E-state index is 0. The summed E-state index contributed by atoms with van der Waals surface area (Å²) >= 11 is 0. The number of ketones is 1. The number of nitrogens with zero attached hydrogens (tertiary/aromatic N) is 1. The number of hydrogen-bond donors (Lipinski definition) is 0. The maximum Gasteiger partial charge on any atom is 0.162 e. The molecule has 0 spiro atoms. The van der Waals surface area contributed by atoms with Crippen LogP contribution in [-0.4, -0.2) is 30.3 Å². The number of carbonyl (C=O) groups excluding carboxylic acids is 1. The lowest BCUT2D eigenvalue weighted by Gasteiger charge is -2.29. The van der Waals surface area contributed by atoms with Crippen LogP contribution in [0.3, 0.4) is 0 Å². The van der Waals surface area contributed by atoms with Crippen molar-refractivity contribution in [2.75, 3.05) is 19.6 Å². The lowest BCUT2D eigenvalue weighted by Crippen LogP contribution is -2.33. The molecule has 1 saturated heterocycles. The first-order valence-corrected chi connectivity index (χ1v) is 6.84. The average Bonchev–Trinajstić information content (AvgIpc) is 2.53. The van der Waals surface area contributed by atoms with Gasteiger partial charge in [-0.3, -0.25) is 4.79 Å². The van der Waals surface area contributed by atoms with E-state index in [4.69, 9.17) is 5.48 Å². The fraction of sp³-hybridized carbons (Fsp3) is 0.562. The Morgan fingerprint density at radius 3 is 2.55 bits per heavy atom. The Balaban J connectivity index is 0.00000288. The number of hydrogen-bond acceptors (Lipinski definition) is 2. The standard InChI is InChI=1S/C16H22FNO.ClH/c1-13-8-11-18(12-9-13)10-2-3-16(19)14-4-6-15(17)7-5-14;/h4-7,13H,2-3,8-12H2,1H3;1H/i4D,5D,6D,7D;. The predicted octanol–water partition coefficient (Wildman–Crippen LogP) is 3.94. The Kier molecular flexibility index (Phi) is 4.90. The zero-order valence-corrected chi connectivity index (χ0v) is 12.5. The van der Waals surface area contributed by atoms with Crippen molar-refractivity contribution in [3.63, 3.8) is 0 Å². The molecule has 1 heterocycles. The van der Waals surface area contributed by atoms with E-state index in [0.29, 0.717) is 6.42 Å². The number of halogens is 2. The van der Waals surface area contributed by atoms with E-state index in [2.05, 4.69) is 11.8 Å². The molecule has 0 unspecified atom stereocenters. The molecular formula is C16H23ClFNO. The third-order valence-corrected chi connectivity index (χ3v) is 3.63. The second-order valence-corrected chi connectivity index (χ2v) is 5.24. The highest BCUT2D eigenvalue weighted by Gasteiger charge is 2.15. The van der Waals surface area contributed by atoms with E-state index < -0.39 is 35.8 Å². The fourth-order valence-corrected chi connectivity index (χ4v) is 2.31. The number of rotatable bonds is 5. The van der Waals surface area contributed by atoms with Crippen LogP contribution in [0.2, 0.25) is 0 Å². The first kappa shape index (κ1) is 11.7. The van der Waals surface area contributed by atoms with Crippen molar-refractivity contribution in [3.8, 4) is 0 Å². The van der Waals surface area contributed by atoms with Gasteiger partial charge in [0.1, 0.15) is 5.82 Å². The van der Waals surface area contributed by atoms with Crippen molar-refractivity contribution in [2.24, 2.45) is 5.92 Å². The summed E-state index contributed by atoms with van der Waals surface area (Å²) in [7, 11) is 0. The molecule has 1 fully saturated rings. The van der Waals surface area contributed by atoms with Gasteiger partial charge < -0.3 is 4.90 Å². The Morgan fingerprint density at radius 1 is 1.35 bits per heavy atom. The second kappa shape index (κ2) is 8.38. The van der Waals surface area contributed by atoms with Crippen molar-refractivity contribution in [2.45, 2.75) is 32.6 Å². The maximum atomic E-state index is 13.5. The van der Waals surface area contributed by atoms with E-state index in [1.165, 1.54) is 0 Å². The highest BCUT2D eigenvalue weighted by Crippen LogP contribution is 2.16. The van der Waals surface area contributed by atoms with E-state index in [1.807, 2.05) is 0 Å². The van der Waals surface area contributed by atoms with Crippen molar-refractivity contribution in [1.82, 2.24) is 4.90 Å². The van der Waals surface area contributed by atoms with Gasteiger partial charge in [0.15, 0.2) is 5.78 Å². The number of carbonyl (C=O) groups is 1. The van der Waals surface area contributed by atoms with Crippen LogP contribution in [0.4, 0.5) is 4.39 Å². The van der Waals surface area contributed by atoms with Gasteiger partial charge in [0, 0.05) is 12.0 Å². The van der Waals surface area contributed by atoms with Crippen LogP contribution in [0.1, 0.15) is 48.4 Å². The van der Waals surface area contributed by atoms with Gasteiger partial charge in [-0.1, -0.05) is 6.92 Å².